The van der Waals surface area contributed by atoms with Crippen LogP contribution in [0.25, 0.3) is 0 Å². The molecule has 61 heavy (non-hydrogen) atoms. The number of nitrogens with one attached hydrogen (secondary N) is 1. The van der Waals surface area contributed by atoms with E-state index >= 15 is 0 Å². The Labute approximate surface area is 368 Å². The number of ether oxygens (including phenoxy) is 2. The van der Waals surface area contributed by atoms with Crippen molar-refractivity contribution in [1.29, 1.82) is 0 Å². The van der Waals surface area contributed by atoms with Gasteiger partial charge in [0.1, 0.15) is 6.54 Å². The lowest BCUT2D eigenvalue weighted by atomic mass is 9.81. The third kappa shape index (κ3) is 10.9. The van der Waals surface area contributed by atoms with Crippen molar-refractivity contribution >= 4 is 44.7 Å². The molecule has 2 heterocycles. The summed E-state index contributed by atoms with van der Waals surface area (Å²) in [5.41, 5.74) is 10.2. The number of nitrogens with zero attached hydrogens (tertiary/aromatic N) is 2. The van der Waals surface area contributed by atoms with Crippen molar-refractivity contribution in [1.82, 2.24) is 5.32 Å². The molecule has 1 amide bonds. The number of anilines is 1. The SMILES string of the molecule is COc1ccc(CCNC(=O)CCCCC[N+]2=C(/C=C/C3=C(Cl)C(=C/C=C4/N(CCCCS(=O)(=O)O)c5ccccc5C4(C)C)/CCC3)C(C)(C)c3ccccc32)cc1OC. The van der Waals surface area contributed by atoms with Crippen molar-refractivity contribution < 1.29 is 31.8 Å². The number of halogens is 1. The second-order valence-electron chi connectivity index (χ2n) is 17.3. The summed E-state index contributed by atoms with van der Waals surface area (Å²) in [5.74, 6) is 1.22. The summed E-state index contributed by atoms with van der Waals surface area (Å²) >= 11 is 7.26. The predicted octanol–water partition coefficient (Wildman–Crippen LogP) is 10.5. The van der Waals surface area contributed by atoms with E-state index in [-0.39, 0.29) is 22.5 Å². The maximum absolute atomic E-state index is 12.7. The van der Waals surface area contributed by atoms with Crippen LogP contribution in [0.1, 0.15) is 102 Å². The maximum atomic E-state index is 12.7. The number of para-hydroxylation sites is 2. The van der Waals surface area contributed by atoms with Gasteiger partial charge in [0.25, 0.3) is 10.1 Å². The number of benzene rings is 3. The van der Waals surface area contributed by atoms with Crippen LogP contribution in [0.15, 0.2) is 113 Å². The van der Waals surface area contributed by atoms with Crippen molar-refractivity contribution in [2.24, 2.45) is 0 Å². The lowest BCUT2D eigenvalue weighted by Crippen LogP contribution is -2.28. The van der Waals surface area contributed by atoms with Gasteiger partial charge in [-0.2, -0.15) is 13.0 Å². The third-order valence-electron chi connectivity index (χ3n) is 12.4. The number of fused-ring (bicyclic) bond motifs is 2. The molecule has 6 rings (SSSR count). The molecule has 2 N–H and O–H groups in total. The molecule has 0 atom stereocenters. The van der Waals surface area contributed by atoms with Gasteiger partial charge in [0.15, 0.2) is 17.2 Å². The highest BCUT2D eigenvalue weighted by Gasteiger charge is 2.44. The zero-order chi connectivity index (χ0) is 43.8. The molecule has 3 aromatic carbocycles. The predicted molar refractivity (Wildman–Crippen MR) is 248 cm³/mol. The first-order valence-electron chi connectivity index (χ1n) is 21.7. The van der Waals surface area contributed by atoms with Gasteiger partial charge in [0, 0.05) is 65.5 Å². The van der Waals surface area contributed by atoms with E-state index in [1.54, 1.807) is 14.2 Å². The number of carbonyl (C=O) groups is 1. The molecule has 0 aromatic heterocycles. The first-order valence-corrected chi connectivity index (χ1v) is 23.7. The second kappa shape index (κ2) is 20.0. The molecule has 0 radical (unpaired) electrons. The molecule has 0 saturated heterocycles. The van der Waals surface area contributed by atoms with Crippen LogP contribution in [0.2, 0.25) is 0 Å². The van der Waals surface area contributed by atoms with Crippen LogP contribution < -0.4 is 19.7 Å². The quantitative estimate of drug-likeness (QED) is 0.0702. The highest BCUT2D eigenvalue weighted by molar-refractivity contribution is 7.85. The topological polar surface area (TPSA) is 108 Å². The summed E-state index contributed by atoms with van der Waals surface area (Å²) in [7, 11) is -0.752. The standard InChI is InChI=1S/C50H62ClN3O6S/c1-49(2)39-19-9-11-21-41(39)53(32-13-7-8-23-47(55)52-31-30-36-24-27-43(59-5)44(35-36)60-6)45(49)28-25-37-17-16-18-38(48(37)51)26-29-46-50(3,4)40-20-10-12-22-42(40)54(46)33-14-15-34-61(56,57)58/h9-12,19-22,24-29,35H,7-8,13-18,23,30-34H2,1-6H3,(H-,52,55,56,57,58)/p+1. The Morgan fingerprint density at radius 3 is 2.36 bits per heavy atom. The van der Waals surface area contributed by atoms with Crippen LogP contribution in [-0.2, 0) is 32.2 Å². The minimum Gasteiger partial charge on any atom is -0.493 e. The third-order valence-corrected chi connectivity index (χ3v) is 13.7. The molecule has 3 aliphatic rings. The van der Waals surface area contributed by atoms with Crippen LogP contribution in [0.5, 0.6) is 11.5 Å². The van der Waals surface area contributed by atoms with Gasteiger partial charge in [0.05, 0.1) is 25.4 Å². The van der Waals surface area contributed by atoms with Crippen LogP contribution in [0, 0.1) is 0 Å². The van der Waals surface area contributed by atoms with Crippen LogP contribution in [0.3, 0.4) is 0 Å². The highest BCUT2D eigenvalue weighted by atomic mass is 35.5. The molecular formula is C50H63ClN3O6S+. The number of allylic oxidation sites excluding steroid dienone is 8. The fourth-order valence-corrected chi connectivity index (χ4v) is 9.97. The molecule has 0 saturated carbocycles. The van der Waals surface area contributed by atoms with Gasteiger partial charge in [-0.1, -0.05) is 80.1 Å². The van der Waals surface area contributed by atoms with Gasteiger partial charge in [-0.3, -0.25) is 9.35 Å². The number of hydrogen-bond donors (Lipinski definition) is 2. The van der Waals surface area contributed by atoms with E-state index in [4.69, 9.17) is 21.1 Å². The van der Waals surface area contributed by atoms with E-state index in [0.29, 0.717) is 43.9 Å². The largest absolute Gasteiger partial charge is 0.493 e. The number of amides is 1. The summed E-state index contributed by atoms with van der Waals surface area (Å²) in [6, 6.07) is 22.9. The lowest BCUT2D eigenvalue weighted by Gasteiger charge is -2.27. The number of unbranched alkanes of at least 4 members (excludes halogenated alkanes) is 3. The molecule has 9 nitrogen and oxygen atoms in total. The van der Waals surface area contributed by atoms with Crippen LogP contribution in [-0.4, -0.2) is 68.8 Å². The molecule has 326 valence electrons. The first-order chi connectivity index (χ1) is 29.2. The normalized spacial score (nSPS) is 18.3. The van der Waals surface area contributed by atoms with E-state index < -0.39 is 10.1 Å². The Morgan fingerprint density at radius 2 is 1.61 bits per heavy atom. The average Bonchev–Trinajstić information content (AvgIpc) is 3.58. The summed E-state index contributed by atoms with van der Waals surface area (Å²) < 4.78 is 45.3. The average molecular weight is 870 g/mol. The number of rotatable bonds is 19. The Bertz CT molecular complexity index is 2360. The molecule has 3 aromatic rings. The Morgan fingerprint density at radius 1 is 0.869 bits per heavy atom. The minimum absolute atomic E-state index is 0.0775. The van der Waals surface area contributed by atoms with Gasteiger partial charge in [-0.15, -0.1) is 0 Å². The fourth-order valence-electron chi connectivity index (χ4n) is 9.09. The van der Waals surface area contributed by atoms with Crippen molar-refractivity contribution in [3.8, 4) is 11.5 Å². The molecule has 0 spiro atoms. The van der Waals surface area contributed by atoms with Gasteiger partial charge in [-0.05, 0) is 112 Å². The van der Waals surface area contributed by atoms with Crippen molar-refractivity contribution in [2.45, 2.75) is 103 Å². The second-order valence-corrected chi connectivity index (χ2v) is 19.3. The molecule has 11 heteroatoms. The molecule has 1 aliphatic carbocycles. The zero-order valence-corrected chi connectivity index (χ0v) is 38.3. The monoisotopic (exact) mass is 868 g/mol. The van der Waals surface area contributed by atoms with Crippen molar-refractivity contribution in [3.05, 3.63) is 130 Å². The molecular weight excluding hydrogens is 806 g/mol. The fraction of sp³-hybridized carbons (Fsp3) is 0.440. The minimum atomic E-state index is -4.00. The van der Waals surface area contributed by atoms with Gasteiger partial charge < -0.3 is 19.7 Å². The van der Waals surface area contributed by atoms with Gasteiger partial charge in [-0.25, -0.2) is 0 Å². The van der Waals surface area contributed by atoms with E-state index in [2.05, 4.69) is 109 Å². The highest BCUT2D eigenvalue weighted by Crippen LogP contribution is 2.48. The van der Waals surface area contributed by atoms with Crippen LogP contribution in [0.4, 0.5) is 11.4 Å². The van der Waals surface area contributed by atoms with Crippen molar-refractivity contribution in [2.75, 3.05) is 44.5 Å². The number of hydrogen-bond acceptors (Lipinski definition) is 6. The first kappa shape index (κ1) is 45.9. The maximum Gasteiger partial charge on any atom is 0.264 e. The number of methoxy groups -OCH3 is 2. The summed E-state index contributed by atoms with van der Waals surface area (Å²) in [4.78, 5) is 15.0. The summed E-state index contributed by atoms with van der Waals surface area (Å²) in [6.45, 7) is 11.1. The lowest BCUT2D eigenvalue weighted by molar-refractivity contribution is -0.438. The Kier molecular flexibility index (Phi) is 15.1. The Balaban J connectivity index is 1.13. The molecule has 2 aliphatic heterocycles. The van der Waals surface area contributed by atoms with E-state index in [0.717, 1.165) is 84.6 Å². The van der Waals surface area contributed by atoms with Crippen molar-refractivity contribution in [3.63, 3.8) is 0 Å². The summed E-state index contributed by atoms with van der Waals surface area (Å²) in [6.07, 6.45) is 16.6. The molecule has 0 unspecified atom stereocenters. The van der Waals surface area contributed by atoms with E-state index in [1.807, 2.05) is 24.3 Å². The Hall–Kier alpha value is -4.64. The smallest absolute Gasteiger partial charge is 0.264 e. The zero-order valence-electron chi connectivity index (χ0n) is 36.7. The molecule has 0 fully saturated rings. The van der Waals surface area contributed by atoms with Gasteiger partial charge in [0.2, 0.25) is 11.6 Å². The van der Waals surface area contributed by atoms with Crippen LogP contribution >= 0.6 is 11.6 Å². The molecule has 0 bridgehead atoms. The van der Waals surface area contributed by atoms with Gasteiger partial charge >= 0.3 is 0 Å². The number of carbonyl (C=O) groups excluding carboxylic acids is 1. The van der Waals surface area contributed by atoms with E-state index in [9.17, 15) is 17.8 Å². The summed E-state index contributed by atoms with van der Waals surface area (Å²) in [5, 5.41) is 3.88. The van der Waals surface area contributed by atoms with E-state index in [1.165, 1.54) is 22.5 Å².